The monoisotopic (exact) mass is 396 g/mol. The molecule has 0 saturated carbocycles. The minimum absolute atomic E-state index is 0.104. The fraction of sp³-hybridized carbons (Fsp3) is 0.238. The molecular weight excluding hydrogens is 375 g/mol. The van der Waals surface area contributed by atoms with Crippen molar-refractivity contribution >= 4 is 11.8 Å². The van der Waals surface area contributed by atoms with Gasteiger partial charge in [0.2, 0.25) is 5.91 Å². The predicted octanol–water partition coefficient (Wildman–Crippen LogP) is 2.87. The second kappa shape index (κ2) is 9.59. The zero-order valence-corrected chi connectivity index (χ0v) is 16.0. The zero-order chi connectivity index (χ0) is 20.6. The van der Waals surface area contributed by atoms with Gasteiger partial charge in [-0.2, -0.15) is 0 Å². The summed E-state index contributed by atoms with van der Waals surface area (Å²) in [5.41, 5.74) is 1.70. The SMILES string of the molecule is Cc1cnc(C(=O)N(CCC(=O)NCc2ccc(F)cc2)Cc2ccco2)cn1. The molecule has 0 fully saturated rings. The highest BCUT2D eigenvalue weighted by Gasteiger charge is 2.20. The Morgan fingerprint density at radius 3 is 2.59 bits per heavy atom. The molecule has 3 aromatic rings. The van der Waals surface area contributed by atoms with Gasteiger partial charge in [-0.15, -0.1) is 0 Å². The lowest BCUT2D eigenvalue weighted by Gasteiger charge is -2.21. The number of carbonyl (C=O) groups is 2. The average Bonchev–Trinajstić information content (AvgIpc) is 3.24. The molecule has 0 radical (unpaired) electrons. The van der Waals surface area contributed by atoms with Gasteiger partial charge in [-0.05, 0) is 36.8 Å². The Morgan fingerprint density at radius 2 is 1.93 bits per heavy atom. The van der Waals surface area contributed by atoms with Gasteiger partial charge < -0.3 is 14.6 Å². The maximum atomic E-state index is 12.9. The summed E-state index contributed by atoms with van der Waals surface area (Å²) in [6.07, 6.45) is 4.57. The number of hydrogen-bond acceptors (Lipinski definition) is 5. The van der Waals surface area contributed by atoms with Crippen molar-refractivity contribution in [3.05, 3.63) is 83.6 Å². The Bertz CT molecular complexity index is 941. The summed E-state index contributed by atoms with van der Waals surface area (Å²) in [6, 6.07) is 9.40. The van der Waals surface area contributed by atoms with E-state index in [9.17, 15) is 14.0 Å². The molecule has 1 N–H and O–H groups in total. The van der Waals surface area contributed by atoms with Crippen molar-refractivity contribution in [3.8, 4) is 0 Å². The van der Waals surface area contributed by atoms with Crippen molar-refractivity contribution in [2.24, 2.45) is 0 Å². The average molecular weight is 396 g/mol. The number of aromatic nitrogens is 2. The molecule has 0 bridgehead atoms. The van der Waals surface area contributed by atoms with Crippen molar-refractivity contribution < 1.29 is 18.4 Å². The highest BCUT2D eigenvalue weighted by molar-refractivity contribution is 5.92. The number of nitrogens with one attached hydrogen (secondary N) is 1. The number of aryl methyl sites for hydroxylation is 1. The summed E-state index contributed by atoms with van der Waals surface area (Å²) >= 11 is 0. The van der Waals surface area contributed by atoms with Crippen LogP contribution < -0.4 is 5.32 Å². The number of nitrogens with zero attached hydrogens (tertiary/aromatic N) is 3. The Hall–Kier alpha value is -3.55. The van der Waals surface area contributed by atoms with E-state index in [1.807, 2.05) is 0 Å². The van der Waals surface area contributed by atoms with Gasteiger partial charge in [0.1, 0.15) is 17.3 Å². The minimum atomic E-state index is -0.333. The maximum Gasteiger partial charge on any atom is 0.274 e. The molecule has 150 valence electrons. The van der Waals surface area contributed by atoms with Gasteiger partial charge in [0.15, 0.2) is 0 Å². The maximum absolute atomic E-state index is 12.9. The van der Waals surface area contributed by atoms with Gasteiger partial charge in [0.25, 0.3) is 5.91 Å². The summed E-state index contributed by atoms with van der Waals surface area (Å²) in [6.45, 7) is 2.47. The van der Waals surface area contributed by atoms with Crippen molar-refractivity contribution in [3.63, 3.8) is 0 Å². The topological polar surface area (TPSA) is 88.3 Å². The van der Waals surface area contributed by atoms with Crippen LogP contribution in [0.1, 0.15) is 33.9 Å². The molecule has 0 unspecified atom stereocenters. The van der Waals surface area contributed by atoms with E-state index >= 15 is 0 Å². The van der Waals surface area contributed by atoms with Gasteiger partial charge in [0, 0.05) is 25.7 Å². The first-order valence-electron chi connectivity index (χ1n) is 9.13. The van der Waals surface area contributed by atoms with Gasteiger partial charge in [0.05, 0.1) is 24.7 Å². The third kappa shape index (κ3) is 5.97. The smallest absolute Gasteiger partial charge is 0.274 e. The second-order valence-corrected chi connectivity index (χ2v) is 6.50. The van der Waals surface area contributed by atoms with E-state index < -0.39 is 0 Å². The first-order chi connectivity index (χ1) is 14.0. The first-order valence-corrected chi connectivity index (χ1v) is 9.13. The number of halogens is 1. The van der Waals surface area contributed by atoms with Crippen LogP contribution in [0.2, 0.25) is 0 Å². The summed E-state index contributed by atoms with van der Waals surface area (Å²) in [7, 11) is 0. The molecule has 1 aromatic carbocycles. The number of carbonyl (C=O) groups excluding carboxylic acids is 2. The van der Waals surface area contributed by atoms with E-state index in [2.05, 4.69) is 15.3 Å². The first kappa shape index (κ1) is 20.2. The molecule has 0 atom stereocenters. The van der Waals surface area contributed by atoms with Crippen LogP contribution in [0.25, 0.3) is 0 Å². The Morgan fingerprint density at radius 1 is 1.14 bits per heavy atom. The molecule has 2 heterocycles. The van der Waals surface area contributed by atoms with E-state index in [4.69, 9.17) is 4.42 Å². The Labute approximate surface area is 167 Å². The highest BCUT2D eigenvalue weighted by atomic mass is 19.1. The van der Waals surface area contributed by atoms with Crippen LogP contribution in [-0.4, -0.2) is 33.2 Å². The number of rotatable bonds is 8. The van der Waals surface area contributed by atoms with E-state index in [1.165, 1.54) is 35.7 Å². The molecule has 0 saturated heterocycles. The molecule has 29 heavy (non-hydrogen) atoms. The van der Waals surface area contributed by atoms with Crippen LogP contribution in [0, 0.1) is 12.7 Å². The summed E-state index contributed by atoms with van der Waals surface area (Å²) in [4.78, 5) is 34.8. The molecule has 0 spiro atoms. The highest BCUT2D eigenvalue weighted by Crippen LogP contribution is 2.10. The van der Waals surface area contributed by atoms with Crippen LogP contribution in [0.3, 0.4) is 0 Å². The van der Waals surface area contributed by atoms with Crippen LogP contribution in [0.5, 0.6) is 0 Å². The molecule has 0 aliphatic rings. The van der Waals surface area contributed by atoms with E-state index in [1.54, 1.807) is 31.2 Å². The molecule has 2 amide bonds. The zero-order valence-electron chi connectivity index (χ0n) is 16.0. The fourth-order valence-corrected chi connectivity index (χ4v) is 2.64. The quantitative estimate of drug-likeness (QED) is 0.633. The molecule has 0 aliphatic carbocycles. The summed E-state index contributed by atoms with van der Waals surface area (Å²) in [5.74, 6) is -0.279. The Balaban J connectivity index is 1.60. The molecular formula is C21H21FN4O3. The van der Waals surface area contributed by atoms with Crippen molar-refractivity contribution in [2.45, 2.75) is 26.4 Å². The fourth-order valence-electron chi connectivity index (χ4n) is 2.64. The number of amides is 2. The van der Waals surface area contributed by atoms with E-state index in [-0.39, 0.29) is 49.4 Å². The van der Waals surface area contributed by atoms with Crippen molar-refractivity contribution in [1.29, 1.82) is 0 Å². The lowest BCUT2D eigenvalue weighted by molar-refractivity contribution is -0.121. The minimum Gasteiger partial charge on any atom is -0.467 e. The predicted molar refractivity (Wildman–Crippen MR) is 103 cm³/mol. The molecule has 7 nitrogen and oxygen atoms in total. The van der Waals surface area contributed by atoms with Crippen LogP contribution in [-0.2, 0) is 17.9 Å². The van der Waals surface area contributed by atoms with Gasteiger partial charge in [-0.3, -0.25) is 14.6 Å². The van der Waals surface area contributed by atoms with E-state index in [0.717, 1.165) is 5.56 Å². The number of hydrogen-bond donors (Lipinski definition) is 1. The Kier molecular flexibility index (Phi) is 6.67. The van der Waals surface area contributed by atoms with Crippen molar-refractivity contribution in [2.75, 3.05) is 6.54 Å². The lowest BCUT2D eigenvalue weighted by Crippen LogP contribution is -2.35. The van der Waals surface area contributed by atoms with Gasteiger partial charge in [-0.25, -0.2) is 9.37 Å². The molecule has 2 aromatic heterocycles. The molecule has 3 rings (SSSR count). The second-order valence-electron chi connectivity index (χ2n) is 6.50. The van der Waals surface area contributed by atoms with Crippen LogP contribution >= 0.6 is 0 Å². The van der Waals surface area contributed by atoms with Crippen LogP contribution in [0.15, 0.2) is 59.5 Å². The third-order valence-electron chi connectivity index (χ3n) is 4.23. The number of furan rings is 1. The summed E-state index contributed by atoms with van der Waals surface area (Å²) < 4.78 is 18.3. The van der Waals surface area contributed by atoms with E-state index in [0.29, 0.717) is 11.5 Å². The third-order valence-corrected chi connectivity index (χ3v) is 4.23. The van der Waals surface area contributed by atoms with Gasteiger partial charge in [-0.1, -0.05) is 12.1 Å². The molecule has 0 aliphatic heterocycles. The number of benzene rings is 1. The summed E-state index contributed by atoms with van der Waals surface area (Å²) in [5, 5.41) is 2.77. The van der Waals surface area contributed by atoms with Gasteiger partial charge >= 0.3 is 0 Å². The molecule has 8 heteroatoms. The van der Waals surface area contributed by atoms with Crippen LogP contribution in [0.4, 0.5) is 4.39 Å². The lowest BCUT2D eigenvalue weighted by atomic mass is 10.2. The largest absolute Gasteiger partial charge is 0.467 e. The normalized spacial score (nSPS) is 10.6. The van der Waals surface area contributed by atoms with Crippen molar-refractivity contribution in [1.82, 2.24) is 20.2 Å². The standard InChI is InChI=1S/C21H21FN4O3/c1-15-11-24-19(13-23-15)21(28)26(14-18-3-2-10-29-18)9-8-20(27)25-12-16-4-6-17(22)7-5-16/h2-7,10-11,13H,8-9,12,14H2,1H3,(H,25,27).